The first-order valence-corrected chi connectivity index (χ1v) is 7.87. The Bertz CT molecular complexity index is 513. The van der Waals surface area contributed by atoms with Crippen LogP contribution >= 0.6 is 11.3 Å². The highest BCUT2D eigenvalue weighted by Crippen LogP contribution is 2.21. The molecule has 0 N–H and O–H groups in total. The van der Waals surface area contributed by atoms with Crippen LogP contribution < -0.4 is 0 Å². The average Bonchev–Trinajstić information content (AvgIpc) is 3.00. The fourth-order valence-electron chi connectivity index (χ4n) is 2.17. The lowest BCUT2D eigenvalue weighted by Crippen LogP contribution is -2.19. The van der Waals surface area contributed by atoms with Gasteiger partial charge in [0.1, 0.15) is 5.69 Å². The number of thiazole rings is 1. The van der Waals surface area contributed by atoms with Crippen LogP contribution in [0.5, 0.6) is 0 Å². The molecule has 0 spiro atoms. The van der Waals surface area contributed by atoms with E-state index in [-0.39, 0.29) is 11.7 Å². The molecule has 4 nitrogen and oxygen atoms in total. The zero-order chi connectivity index (χ0) is 14.2. The predicted octanol–water partition coefficient (Wildman–Crippen LogP) is 3.56. The van der Waals surface area contributed by atoms with Crippen LogP contribution in [0.2, 0.25) is 0 Å². The first-order chi connectivity index (χ1) is 9.81. The number of hydrogen-bond donors (Lipinski definition) is 0. The molecule has 1 unspecified atom stereocenters. The minimum atomic E-state index is -0.0376. The van der Waals surface area contributed by atoms with Gasteiger partial charge in [0.25, 0.3) is 0 Å². The summed E-state index contributed by atoms with van der Waals surface area (Å²) in [5.74, 6) is 0.0498. The van der Waals surface area contributed by atoms with Crippen LogP contribution in [0.15, 0.2) is 30.2 Å². The van der Waals surface area contributed by atoms with Crippen LogP contribution in [-0.4, -0.2) is 20.7 Å². The summed E-state index contributed by atoms with van der Waals surface area (Å²) in [5.41, 5.74) is 0.463. The highest BCUT2D eigenvalue weighted by molar-refractivity contribution is 7.09. The van der Waals surface area contributed by atoms with Crippen molar-refractivity contribution in [2.75, 3.05) is 0 Å². The summed E-state index contributed by atoms with van der Waals surface area (Å²) in [4.78, 5) is 24.9. The van der Waals surface area contributed by atoms with Crippen molar-refractivity contribution >= 4 is 17.1 Å². The Morgan fingerprint density at radius 2 is 2.15 bits per heavy atom. The Morgan fingerprint density at radius 1 is 1.25 bits per heavy atom. The van der Waals surface area contributed by atoms with E-state index in [1.165, 1.54) is 0 Å². The van der Waals surface area contributed by atoms with Crippen LogP contribution in [0.1, 0.15) is 48.1 Å². The van der Waals surface area contributed by atoms with Gasteiger partial charge >= 0.3 is 0 Å². The third kappa shape index (κ3) is 4.20. The third-order valence-electron chi connectivity index (χ3n) is 3.25. The molecule has 1 atom stereocenters. The largest absolute Gasteiger partial charge is 0.292 e. The van der Waals surface area contributed by atoms with Gasteiger partial charge in [-0.25, -0.2) is 9.97 Å². The Labute approximate surface area is 123 Å². The molecular weight excluding hydrogens is 270 g/mol. The number of hydrogen-bond acceptors (Lipinski definition) is 5. The minimum Gasteiger partial charge on any atom is -0.292 e. The maximum atomic E-state index is 12.5. The molecule has 2 heterocycles. The standard InChI is InChI=1S/C15H19N3OS/c1-2-3-4-5-12(10-14-18-8-9-20-14)15(19)13-11-16-6-7-17-13/h6-9,11-12H,2-5,10H2,1H3. The molecule has 0 aliphatic heterocycles. The van der Waals surface area contributed by atoms with Gasteiger partial charge in [-0.1, -0.05) is 26.2 Å². The maximum absolute atomic E-state index is 12.5. The number of ketones is 1. The average molecular weight is 289 g/mol. The van der Waals surface area contributed by atoms with Crippen molar-refractivity contribution in [2.45, 2.75) is 39.0 Å². The molecule has 0 fully saturated rings. The highest BCUT2D eigenvalue weighted by atomic mass is 32.1. The summed E-state index contributed by atoms with van der Waals surface area (Å²) >= 11 is 1.60. The lowest BCUT2D eigenvalue weighted by atomic mass is 9.92. The molecule has 0 saturated heterocycles. The van der Waals surface area contributed by atoms with Gasteiger partial charge in [0.2, 0.25) is 0 Å². The normalized spacial score (nSPS) is 12.2. The summed E-state index contributed by atoms with van der Waals surface area (Å²) in [6.45, 7) is 2.17. The van der Waals surface area contributed by atoms with E-state index in [1.54, 1.807) is 36.1 Å². The number of rotatable bonds is 8. The highest BCUT2D eigenvalue weighted by Gasteiger charge is 2.22. The van der Waals surface area contributed by atoms with Gasteiger partial charge in [0, 0.05) is 36.3 Å². The smallest absolute Gasteiger partial charge is 0.186 e. The van der Waals surface area contributed by atoms with E-state index in [1.807, 2.05) is 5.38 Å². The number of carbonyl (C=O) groups is 1. The van der Waals surface area contributed by atoms with Crippen molar-refractivity contribution < 1.29 is 4.79 Å². The van der Waals surface area contributed by atoms with E-state index in [0.29, 0.717) is 12.1 Å². The summed E-state index contributed by atoms with van der Waals surface area (Å²) in [5, 5.41) is 2.97. The Morgan fingerprint density at radius 3 is 2.80 bits per heavy atom. The van der Waals surface area contributed by atoms with E-state index in [2.05, 4.69) is 21.9 Å². The number of nitrogens with zero attached hydrogens (tertiary/aromatic N) is 3. The van der Waals surface area contributed by atoms with Crippen LogP contribution in [0.25, 0.3) is 0 Å². The maximum Gasteiger partial charge on any atom is 0.186 e. The first kappa shape index (κ1) is 14.8. The summed E-state index contributed by atoms with van der Waals surface area (Å²) < 4.78 is 0. The third-order valence-corrected chi connectivity index (χ3v) is 4.05. The molecule has 2 aromatic heterocycles. The number of Topliss-reactive ketones (excluding diaryl/α,β-unsaturated/α-hetero) is 1. The lowest BCUT2D eigenvalue weighted by Gasteiger charge is -2.13. The summed E-state index contributed by atoms with van der Waals surface area (Å²) in [6, 6.07) is 0. The lowest BCUT2D eigenvalue weighted by molar-refractivity contribution is 0.0904. The predicted molar refractivity (Wildman–Crippen MR) is 79.8 cm³/mol. The number of aromatic nitrogens is 3. The molecule has 0 saturated carbocycles. The van der Waals surface area contributed by atoms with Gasteiger partial charge in [0.15, 0.2) is 5.78 Å². The van der Waals surface area contributed by atoms with E-state index < -0.39 is 0 Å². The second kappa shape index (κ2) is 7.85. The molecule has 0 aliphatic carbocycles. The van der Waals surface area contributed by atoms with Crippen molar-refractivity contribution in [3.63, 3.8) is 0 Å². The number of carbonyl (C=O) groups excluding carboxylic acids is 1. The van der Waals surface area contributed by atoms with E-state index in [0.717, 1.165) is 30.7 Å². The molecule has 2 aromatic rings. The summed E-state index contributed by atoms with van der Waals surface area (Å²) in [7, 11) is 0. The van der Waals surface area contributed by atoms with Crippen molar-refractivity contribution in [1.29, 1.82) is 0 Å². The molecule has 5 heteroatoms. The van der Waals surface area contributed by atoms with Crippen molar-refractivity contribution in [1.82, 2.24) is 15.0 Å². The van der Waals surface area contributed by atoms with Gasteiger partial charge in [-0.2, -0.15) is 0 Å². The van der Waals surface area contributed by atoms with E-state index in [4.69, 9.17) is 0 Å². The quantitative estimate of drug-likeness (QED) is 0.551. The molecule has 0 aliphatic rings. The zero-order valence-corrected chi connectivity index (χ0v) is 12.5. The van der Waals surface area contributed by atoms with Gasteiger partial charge in [-0.05, 0) is 6.42 Å². The van der Waals surface area contributed by atoms with Gasteiger partial charge < -0.3 is 0 Å². The second-order valence-corrected chi connectivity index (χ2v) is 5.76. The Balaban J connectivity index is 2.06. The van der Waals surface area contributed by atoms with Gasteiger partial charge in [-0.15, -0.1) is 11.3 Å². The van der Waals surface area contributed by atoms with E-state index in [9.17, 15) is 4.79 Å². The first-order valence-electron chi connectivity index (χ1n) is 7.00. The second-order valence-electron chi connectivity index (χ2n) is 4.78. The minimum absolute atomic E-state index is 0.0376. The van der Waals surface area contributed by atoms with Crippen LogP contribution in [0.3, 0.4) is 0 Å². The molecule has 106 valence electrons. The van der Waals surface area contributed by atoms with Crippen LogP contribution in [0.4, 0.5) is 0 Å². The topological polar surface area (TPSA) is 55.7 Å². The zero-order valence-electron chi connectivity index (χ0n) is 11.7. The SMILES string of the molecule is CCCCCC(Cc1nccs1)C(=O)c1cnccn1. The van der Waals surface area contributed by atoms with Gasteiger partial charge in [0.05, 0.1) is 11.2 Å². The Hall–Kier alpha value is -1.62. The molecule has 20 heavy (non-hydrogen) atoms. The molecule has 0 bridgehead atoms. The number of unbranched alkanes of at least 4 members (excludes halogenated alkanes) is 2. The van der Waals surface area contributed by atoms with Crippen molar-refractivity contribution in [3.05, 3.63) is 40.9 Å². The fraction of sp³-hybridized carbons (Fsp3) is 0.467. The molecule has 0 aromatic carbocycles. The molecule has 0 radical (unpaired) electrons. The van der Waals surface area contributed by atoms with E-state index >= 15 is 0 Å². The van der Waals surface area contributed by atoms with Gasteiger partial charge in [-0.3, -0.25) is 9.78 Å². The van der Waals surface area contributed by atoms with Crippen LogP contribution in [0, 0.1) is 5.92 Å². The van der Waals surface area contributed by atoms with Crippen LogP contribution in [-0.2, 0) is 6.42 Å². The molecular formula is C15H19N3OS. The van der Waals surface area contributed by atoms with Crippen molar-refractivity contribution in [2.24, 2.45) is 5.92 Å². The van der Waals surface area contributed by atoms with Crippen molar-refractivity contribution in [3.8, 4) is 0 Å². The molecule has 0 amide bonds. The summed E-state index contributed by atoms with van der Waals surface area (Å²) in [6.07, 6.45) is 11.5. The monoisotopic (exact) mass is 289 g/mol. The fourth-order valence-corrected chi connectivity index (χ4v) is 2.86. The molecule has 2 rings (SSSR count). The Kier molecular flexibility index (Phi) is 5.80.